The molecule has 0 aliphatic carbocycles. The maximum atomic E-state index is 10.3. The van der Waals surface area contributed by atoms with Crippen LogP contribution >= 0.6 is 0 Å². The standard InChI is InChI=1S/C22H21N7O/c30-18-9-17-12-27(11-16-7-4-8-23-21(16)28(17)13-18)20-10-19(15-5-2-1-3-6-15)29-22(26-20)24-14-25-29/h1-8,10,14,17-18,30H,9,11-13H2/t17-,18+/m0/s1. The molecule has 1 saturated heterocycles. The largest absolute Gasteiger partial charge is 0.391 e. The Labute approximate surface area is 173 Å². The van der Waals surface area contributed by atoms with Crippen LogP contribution < -0.4 is 9.80 Å². The van der Waals surface area contributed by atoms with E-state index in [0.717, 1.165) is 41.4 Å². The highest BCUT2D eigenvalue weighted by Gasteiger charge is 2.37. The molecule has 0 saturated carbocycles. The van der Waals surface area contributed by atoms with Crippen LogP contribution in [0, 0.1) is 0 Å². The van der Waals surface area contributed by atoms with Gasteiger partial charge in [-0.05, 0) is 12.5 Å². The predicted octanol–water partition coefficient (Wildman–Crippen LogP) is 2.15. The minimum absolute atomic E-state index is 0.187. The van der Waals surface area contributed by atoms with Crippen LogP contribution in [-0.2, 0) is 6.54 Å². The van der Waals surface area contributed by atoms with Crippen LogP contribution in [0.1, 0.15) is 12.0 Å². The fourth-order valence-electron chi connectivity index (χ4n) is 4.61. The van der Waals surface area contributed by atoms with E-state index < -0.39 is 0 Å². The summed E-state index contributed by atoms with van der Waals surface area (Å²) in [5.74, 6) is 2.39. The summed E-state index contributed by atoms with van der Waals surface area (Å²) in [6.45, 7) is 2.09. The van der Waals surface area contributed by atoms with Gasteiger partial charge >= 0.3 is 0 Å². The number of hydrogen-bond acceptors (Lipinski definition) is 7. The van der Waals surface area contributed by atoms with E-state index in [1.807, 2.05) is 30.5 Å². The number of nitrogens with zero attached hydrogens (tertiary/aromatic N) is 7. The van der Waals surface area contributed by atoms with Gasteiger partial charge in [-0.15, -0.1) is 0 Å². The maximum Gasteiger partial charge on any atom is 0.254 e. The second-order valence-electron chi connectivity index (χ2n) is 7.90. The number of hydrogen-bond donors (Lipinski definition) is 1. The summed E-state index contributed by atoms with van der Waals surface area (Å²) in [5.41, 5.74) is 3.15. The highest BCUT2D eigenvalue weighted by molar-refractivity contribution is 5.67. The van der Waals surface area contributed by atoms with Gasteiger partial charge in [-0.25, -0.2) is 4.98 Å². The molecule has 1 N–H and O–H groups in total. The Morgan fingerprint density at radius 1 is 1.00 bits per heavy atom. The molecule has 2 aliphatic rings. The van der Waals surface area contributed by atoms with Crippen molar-refractivity contribution >= 4 is 17.4 Å². The lowest BCUT2D eigenvalue weighted by molar-refractivity contribution is 0.194. The number of anilines is 2. The Morgan fingerprint density at radius 3 is 2.80 bits per heavy atom. The molecular formula is C22H21N7O. The number of aromatic nitrogens is 5. The SMILES string of the molecule is O[C@@H]1C[C@H]2CN(c3cc(-c4ccccc4)n4ncnc4n3)Cc3cccnc3N2C1. The molecule has 0 radical (unpaired) electrons. The Kier molecular flexibility index (Phi) is 3.92. The summed E-state index contributed by atoms with van der Waals surface area (Å²) < 4.78 is 1.78. The van der Waals surface area contributed by atoms with E-state index in [4.69, 9.17) is 4.98 Å². The summed E-state index contributed by atoms with van der Waals surface area (Å²) in [5, 5.41) is 14.7. The van der Waals surface area contributed by atoms with Gasteiger partial charge in [0, 0.05) is 43.0 Å². The predicted molar refractivity (Wildman–Crippen MR) is 113 cm³/mol. The van der Waals surface area contributed by atoms with E-state index in [-0.39, 0.29) is 12.1 Å². The molecule has 8 nitrogen and oxygen atoms in total. The fraction of sp³-hybridized carbons (Fsp3) is 0.273. The van der Waals surface area contributed by atoms with Crippen molar-refractivity contribution in [3.05, 3.63) is 66.6 Å². The molecule has 1 fully saturated rings. The van der Waals surface area contributed by atoms with Crippen molar-refractivity contribution in [2.45, 2.75) is 25.1 Å². The average Bonchev–Trinajstić information content (AvgIpc) is 3.36. The van der Waals surface area contributed by atoms with Gasteiger partial charge in [-0.3, -0.25) is 0 Å². The molecule has 0 amide bonds. The van der Waals surface area contributed by atoms with Gasteiger partial charge in [-0.1, -0.05) is 36.4 Å². The van der Waals surface area contributed by atoms with Crippen molar-refractivity contribution < 1.29 is 5.11 Å². The number of fused-ring (bicyclic) bond motifs is 4. The van der Waals surface area contributed by atoms with Crippen molar-refractivity contribution in [2.75, 3.05) is 22.9 Å². The summed E-state index contributed by atoms with van der Waals surface area (Å²) in [6, 6.07) is 16.5. The van der Waals surface area contributed by atoms with Gasteiger partial charge in [0.05, 0.1) is 17.8 Å². The van der Waals surface area contributed by atoms with E-state index in [1.54, 1.807) is 4.52 Å². The zero-order chi connectivity index (χ0) is 20.1. The molecule has 3 aromatic heterocycles. The zero-order valence-corrected chi connectivity index (χ0v) is 16.3. The maximum absolute atomic E-state index is 10.3. The lowest BCUT2D eigenvalue weighted by atomic mass is 10.1. The van der Waals surface area contributed by atoms with Crippen LogP contribution in [-0.4, -0.2) is 54.9 Å². The zero-order valence-electron chi connectivity index (χ0n) is 16.3. The third-order valence-corrected chi connectivity index (χ3v) is 5.96. The van der Waals surface area contributed by atoms with Crippen molar-refractivity contribution in [1.29, 1.82) is 0 Å². The molecule has 150 valence electrons. The molecule has 6 rings (SSSR count). The van der Waals surface area contributed by atoms with Crippen molar-refractivity contribution in [3.63, 3.8) is 0 Å². The third-order valence-electron chi connectivity index (χ3n) is 5.96. The Morgan fingerprint density at radius 2 is 1.90 bits per heavy atom. The summed E-state index contributed by atoms with van der Waals surface area (Å²) in [6.07, 6.45) is 3.75. The van der Waals surface area contributed by atoms with Gasteiger partial charge in [0.15, 0.2) is 0 Å². The number of rotatable bonds is 2. The third kappa shape index (κ3) is 2.80. The second kappa shape index (κ2) is 6.77. The molecule has 0 bridgehead atoms. The van der Waals surface area contributed by atoms with Crippen LogP contribution in [0.5, 0.6) is 0 Å². The van der Waals surface area contributed by atoms with Crippen molar-refractivity contribution in [2.24, 2.45) is 0 Å². The molecule has 4 aromatic rings. The minimum Gasteiger partial charge on any atom is -0.391 e. The normalized spacial score (nSPS) is 20.8. The lowest BCUT2D eigenvalue weighted by Crippen LogP contribution is -2.38. The Balaban J connectivity index is 1.48. The van der Waals surface area contributed by atoms with Gasteiger partial charge in [0.1, 0.15) is 18.0 Å². The molecule has 30 heavy (non-hydrogen) atoms. The van der Waals surface area contributed by atoms with E-state index in [1.165, 1.54) is 6.33 Å². The highest BCUT2D eigenvalue weighted by Crippen LogP contribution is 2.34. The quantitative estimate of drug-likeness (QED) is 0.553. The van der Waals surface area contributed by atoms with Gasteiger partial charge < -0.3 is 14.9 Å². The molecule has 2 aliphatic heterocycles. The second-order valence-corrected chi connectivity index (χ2v) is 7.90. The van der Waals surface area contributed by atoms with Gasteiger partial charge in [0.2, 0.25) is 0 Å². The van der Waals surface area contributed by atoms with Gasteiger partial charge in [-0.2, -0.15) is 19.6 Å². The van der Waals surface area contributed by atoms with Crippen LogP contribution in [0.4, 0.5) is 11.6 Å². The van der Waals surface area contributed by atoms with Crippen LogP contribution in [0.2, 0.25) is 0 Å². The molecule has 8 heteroatoms. The number of benzene rings is 1. The van der Waals surface area contributed by atoms with E-state index in [9.17, 15) is 5.11 Å². The number of aliphatic hydroxyl groups is 1. The molecular weight excluding hydrogens is 378 g/mol. The fourth-order valence-corrected chi connectivity index (χ4v) is 4.61. The Hall–Kier alpha value is -3.52. The van der Waals surface area contributed by atoms with E-state index in [0.29, 0.717) is 18.9 Å². The van der Waals surface area contributed by atoms with Crippen LogP contribution in [0.25, 0.3) is 17.0 Å². The molecule has 0 unspecified atom stereocenters. The lowest BCUT2D eigenvalue weighted by Gasteiger charge is -2.27. The smallest absolute Gasteiger partial charge is 0.254 e. The Bertz CT molecular complexity index is 1210. The monoisotopic (exact) mass is 399 g/mol. The topological polar surface area (TPSA) is 82.7 Å². The average molecular weight is 399 g/mol. The molecule has 5 heterocycles. The first-order valence-corrected chi connectivity index (χ1v) is 10.2. The first-order chi connectivity index (χ1) is 14.8. The van der Waals surface area contributed by atoms with Gasteiger partial charge in [0.25, 0.3) is 5.78 Å². The minimum atomic E-state index is -0.336. The first kappa shape index (κ1) is 17.3. The van der Waals surface area contributed by atoms with Crippen molar-refractivity contribution in [3.8, 4) is 11.3 Å². The van der Waals surface area contributed by atoms with Crippen LogP contribution in [0.15, 0.2) is 61.1 Å². The van der Waals surface area contributed by atoms with E-state index >= 15 is 0 Å². The first-order valence-electron chi connectivity index (χ1n) is 10.2. The number of aliphatic hydroxyl groups excluding tert-OH is 1. The summed E-state index contributed by atoms with van der Waals surface area (Å²) in [7, 11) is 0. The molecule has 0 spiro atoms. The summed E-state index contributed by atoms with van der Waals surface area (Å²) >= 11 is 0. The number of pyridine rings is 1. The molecule has 2 atom stereocenters. The molecule has 1 aromatic carbocycles. The van der Waals surface area contributed by atoms with Crippen molar-refractivity contribution in [1.82, 2.24) is 24.6 Å². The summed E-state index contributed by atoms with van der Waals surface area (Å²) in [4.78, 5) is 18.3. The van der Waals surface area contributed by atoms with E-state index in [2.05, 4.69) is 49.1 Å². The highest BCUT2D eigenvalue weighted by atomic mass is 16.3. The van der Waals surface area contributed by atoms with Crippen LogP contribution in [0.3, 0.4) is 0 Å².